The Hall–Kier alpha value is -1.68. The molecule has 0 saturated carbocycles. The Morgan fingerprint density at radius 3 is 2.64 bits per heavy atom. The zero-order valence-corrected chi connectivity index (χ0v) is 16.1. The molecule has 25 heavy (non-hydrogen) atoms. The third-order valence-corrected chi connectivity index (χ3v) is 5.06. The monoisotopic (exact) mass is 363 g/mol. The summed E-state index contributed by atoms with van der Waals surface area (Å²) in [4.78, 5) is 14.6. The summed E-state index contributed by atoms with van der Waals surface area (Å²) in [5, 5.41) is 0.612. The molecule has 0 N–H and O–H groups in total. The molecule has 136 valence electrons. The number of hydrogen-bond donors (Lipinski definition) is 0. The van der Waals surface area contributed by atoms with Crippen LogP contribution in [-0.2, 0) is 4.74 Å². The van der Waals surface area contributed by atoms with Crippen LogP contribution in [0.15, 0.2) is 24.3 Å². The molecule has 2 unspecified atom stereocenters. The number of ether oxygens (including phenoxy) is 2. The van der Waals surface area contributed by atoms with Gasteiger partial charge in [-0.2, -0.15) is 0 Å². The highest BCUT2D eigenvalue weighted by Crippen LogP contribution is 2.39. The predicted molar refractivity (Wildman–Crippen MR) is 100 cm³/mol. The molecule has 1 saturated heterocycles. The second-order valence-electron chi connectivity index (χ2n) is 7.79. The molecule has 1 amide bonds. The second kappa shape index (κ2) is 6.91. The van der Waals surface area contributed by atoms with Crippen LogP contribution in [0.1, 0.15) is 52.0 Å². The molecule has 0 spiro atoms. The first-order valence-corrected chi connectivity index (χ1v) is 9.22. The van der Waals surface area contributed by atoms with Crippen LogP contribution in [0.25, 0.3) is 5.57 Å². The maximum absolute atomic E-state index is 12.6. The van der Waals surface area contributed by atoms with Crippen LogP contribution in [0.5, 0.6) is 5.75 Å². The van der Waals surface area contributed by atoms with Gasteiger partial charge in [0.1, 0.15) is 11.4 Å². The zero-order chi connectivity index (χ0) is 18.2. The highest BCUT2D eigenvalue weighted by molar-refractivity contribution is 6.32. The fourth-order valence-corrected chi connectivity index (χ4v) is 3.97. The summed E-state index contributed by atoms with van der Waals surface area (Å²) < 4.78 is 10.9. The number of carbonyl (C=O) groups is 1. The fraction of sp³-hybridized carbons (Fsp3) is 0.550. The molecule has 0 aliphatic carbocycles. The molecular formula is C20H26ClNO3. The Morgan fingerprint density at radius 2 is 2.04 bits per heavy atom. The van der Waals surface area contributed by atoms with E-state index in [1.807, 2.05) is 43.9 Å². The second-order valence-corrected chi connectivity index (χ2v) is 8.19. The van der Waals surface area contributed by atoms with E-state index in [0.717, 1.165) is 31.2 Å². The zero-order valence-electron chi connectivity index (χ0n) is 15.3. The first kappa shape index (κ1) is 18.1. The Bertz CT molecular complexity index is 693. The van der Waals surface area contributed by atoms with E-state index < -0.39 is 5.60 Å². The number of rotatable bonds is 2. The van der Waals surface area contributed by atoms with Gasteiger partial charge in [0.2, 0.25) is 0 Å². The van der Waals surface area contributed by atoms with E-state index in [0.29, 0.717) is 10.8 Å². The van der Waals surface area contributed by atoms with Crippen molar-refractivity contribution in [2.75, 3.05) is 7.11 Å². The maximum Gasteiger partial charge on any atom is 0.411 e. The number of methoxy groups -OCH3 is 1. The third-order valence-electron chi connectivity index (χ3n) is 4.76. The van der Waals surface area contributed by atoms with Crippen molar-refractivity contribution in [1.82, 2.24) is 4.90 Å². The highest BCUT2D eigenvalue weighted by Gasteiger charge is 2.39. The van der Waals surface area contributed by atoms with Crippen molar-refractivity contribution in [2.45, 2.75) is 64.1 Å². The number of benzene rings is 1. The summed E-state index contributed by atoms with van der Waals surface area (Å²) in [5.41, 5.74) is 1.88. The molecule has 3 rings (SSSR count). The van der Waals surface area contributed by atoms with E-state index in [9.17, 15) is 4.79 Å². The number of nitrogens with zero attached hydrogens (tertiary/aromatic N) is 1. The van der Waals surface area contributed by atoms with Crippen LogP contribution in [0.3, 0.4) is 0 Å². The molecular weight excluding hydrogens is 338 g/mol. The topological polar surface area (TPSA) is 38.8 Å². The highest BCUT2D eigenvalue weighted by atomic mass is 35.5. The summed E-state index contributed by atoms with van der Waals surface area (Å²) in [6.45, 7) is 5.72. The van der Waals surface area contributed by atoms with Crippen molar-refractivity contribution in [1.29, 1.82) is 0 Å². The summed E-state index contributed by atoms with van der Waals surface area (Å²) in [5.74, 6) is 0.678. The van der Waals surface area contributed by atoms with E-state index >= 15 is 0 Å². The largest absolute Gasteiger partial charge is 0.495 e. The van der Waals surface area contributed by atoms with E-state index in [1.54, 1.807) is 7.11 Å². The molecule has 0 radical (unpaired) electrons. The van der Waals surface area contributed by atoms with Crippen LogP contribution < -0.4 is 4.74 Å². The number of carbonyl (C=O) groups excluding carboxylic acids is 1. The lowest BCUT2D eigenvalue weighted by Gasteiger charge is -2.45. The molecule has 2 aliphatic heterocycles. The molecule has 1 aromatic rings. The lowest BCUT2D eigenvalue weighted by atomic mass is 9.83. The van der Waals surface area contributed by atoms with Gasteiger partial charge >= 0.3 is 6.09 Å². The van der Waals surface area contributed by atoms with Crippen LogP contribution >= 0.6 is 11.6 Å². The molecule has 1 fully saturated rings. The predicted octanol–water partition coefficient (Wildman–Crippen LogP) is 5.29. The minimum Gasteiger partial charge on any atom is -0.495 e. The smallest absolute Gasteiger partial charge is 0.411 e. The van der Waals surface area contributed by atoms with Crippen LogP contribution in [-0.4, -0.2) is 35.8 Å². The number of halogens is 1. The van der Waals surface area contributed by atoms with Gasteiger partial charge in [-0.25, -0.2) is 4.79 Å². The fourth-order valence-electron chi connectivity index (χ4n) is 3.71. The normalized spacial score (nSPS) is 23.1. The minimum atomic E-state index is -0.473. The molecule has 2 heterocycles. The quantitative estimate of drug-likeness (QED) is 0.716. The van der Waals surface area contributed by atoms with Gasteiger partial charge in [-0.05, 0) is 69.7 Å². The van der Waals surface area contributed by atoms with Crippen molar-refractivity contribution in [2.24, 2.45) is 0 Å². The summed E-state index contributed by atoms with van der Waals surface area (Å²) in [6.07, 6.45) is 5.96. The average Bonchev–Trinajstić information content (AvgIpc) is 2.51. The Labute approximate surface area is 154 Å². The van der Waals surface area contributed by atoms with Gasteiger partial charge in [0.05, 0.1) is 18.2 Å². The van der Waals surface area contributed by atoms with Crippen molar-refractivity contribution >= 4 is 23.3 Å². The Morgan fingerprint density at radius 1 is 1.28 bits per heavy atom. The molecule has 5 heteroatoms. The number of hydrogen-bond acceptors (Lipinski definition) is 3. The molecule has 1 aromatic carbocycles. The first-order chi connectivity index (χ1) is 11.8. The lowest BCUT2D eigenvalue weighted by molar-refractivity contribution is 0.0000859. The van der Waals surface area contributed by atoms with Gasteiger partial charge < -0.3 is 9.47 Å². The van der Waals surface area contributed by atoms with Gasteiger partial charge in [-0.1, -0.05) is 23.7 Å². The van der Waals surface area contributed by atoms with E-state index in [4.69, 9.17) is 21.1 Å². The summed E-state index contributed by atoms with van der Waals surface area (Å²) in [6, 6.07) is 6.17. The Balaban J connectivity index is 1.86. The molecule has 4 nitrogen and oxygen atoms in total. The maximum atomic E-state index is 12.6. The Kier molecular flexibility index (Phi) is 5.01. The van der Waals surface area contributed by atoms with Crippen LogP contribution in [0.4, 0.5) is 4.79 Å². The van der Waals surface area contributed by atoms with Crippen molar-refractivity contribution < 1.29 is 14.3 Å². The SMILES string of the molecule is COc1ccc(C2=CC3CCCC(C2)N3C(=O)OC(C)(C)C)cc1Cl. The van der Waals surface area contributed by atoms with Crippen molar-refractivity contribution in [3.8, 4) is 5.75 Å². The van der Waals surface area contributed by atoms with Crippen molar-refractivity contribution in [3.05, 3.63) is 34.9 Å². The first-order valence-electron chi connectivity index (χ1n) is 8.84. The standard InChI is InChI=1S/C20H26ClNO3/c1-20(2,3)25-19(23)22-15-6-5-7-16(22)11-14(10-15)13-8-9-18(24-4)17(21)12-13/h8-10,12,15-16H,5-7,11H2,1-4H3. The number of amides is 1. The van der Waals surface area contributed by atoms with Gasteiger partial charge in [-0.15, -0.1) is 0 Å². The van der Waals surface area contributed by atoms with Crippen LogP contribution in [0, 0.1) is 0 Å². The van der Waals surface area contributed by atoms with Crippen LogP contribution in [0.2, 0.25) is 5.02 Å². The van der Waals surface area contributed by atoms with Gasteiger partial charge in [0.25, 0.3) is 0 Å². The van der Waals surface area contributed by atoms with Gasteiger partial charge in [0.15, 0.2) is 0 Å². The summed E-state index contributed by atoms with van der Waals surface area (Å²) in [7, 11) is 1.61. The van der Waals surface area contributed by atoms with E-state index in [1.165, 1.54) is 5.57 Å². The van der Waals surface area contributed by atoms with Gasteiger partial charge in [0, 0.05) is 6.04 Å². The number of fused-ring (bicyclic) bond motifs is 2. The number of piperidine rings is 1. The van der Waals surface area contributed by atoms with Gasteiger partial charge in [-0.3, -0.25) is 4.90 Å². The van der Waals surface area contributed by atoms with Crippen molar-refractivity contribution in [3.63, 3.8) is 0 Å². The molecule has 0 aromatic heterocycles. The third kappa shape index (κ3) is 3.95. The van der Waals surface area contributed by atoms with E-state index in [-0.39, 0.29) is 18.2 Å². The average molecular weight is 364 g/mol. The molecule has 2 atom stereocenters. The minimum absolute atomic E-state index is 0.0956. The molecule has 2 bridgehead atoms. The summed E-state index contributed by atoms with van der Waals surface area (Å²) >= 11 is 6.28. The van der Waals surface area contributed by atoms with E-state index in [2.05, 4.69) is 6.08 Å². The lowest BCUT2D eigenvalue weighted by Crippen LogP contribution is -2.53. The molecule has 2 aliphatic rings.